The molecule has 1 aliphatic rings. The summed E-state index contributed by atoms with van der Waals surface area (Å²) in [5.41, 5.74) is 1.15. The van der Waals surface area contributed by atoms with Gasteiger partial charge in [-0.1, -0.05) is 0 Å². The predicted octanol–water partition coefficient (Wildman–Crippen LogP) is 0.787. The lowest BCUT2D eigenvalue weighted by Gasteiger charge is -2.33. The van der Waals surface area contributed by atoms with E-state index in [1.165, 1.54) is 0 Å². The molecule has 0 spiro atoms. The van der Waals surface area contributed by atoms with Gasteiger partial charge in [-0.2, -0.15) is 0 Å². The van der Waals surface area contributed by atoms with Gasteiger partial charge in [0.2, 0.25) is 0 Å². The van der Waals surface area contributed by atoms with E-state index in [9.17, 15) is 0 Å². The molecule has 88 valence electrons. The molecule has 16 heavy (non-hydrogen) atoms. The van der Waals surface area contributed by atoms with Crippen molar-refractivity contribution >= 4 is 5.69 Å². The lowest BCUT2D eigenvalue weighted by Crippen LogP contribution is -2.49. The Balaban J connectivity index is 1.76. The van der Waals surface area contributed by atoms with Gasteiger partial charge >= 0.3 is 0 Å². The van der Waals surface area contributed by atoms with Crippen LogP contribution in [0.25, 0.3) is 0 Å². The van der Waals surface area contributed by atoms with E-state index in [2.05, 4.69) is 27.4 Å². The molecule has 1 unspecified atom stereocenters. The number of nitrogens with zero attached hydrogens (tertiary/aromatic N) is 2. The van der Waals surface area contributed by atoms with Crippen LogP contribution in [0.3, 0.4) is 0 Å². The summed E-state index contributed by atoms with van der Waals surface area (Å²) in [4.78, 5) is 6.52. The van der Waals surface area contributed by atoms with Crippen molar-refractivity contribution in [2.75, 3.05) is 38.0 Å². The number of aromatic nitrogens is 1. The second-order valence-electron chi connectivity index (χ2n) is 4.25. The maximum Gasteiger partial charge on any atom is 0.0371 e. The Morgan fingerprint density at radius 2 is 2.06 bits per heavy atom. The second kappa shape index (κ2) is 5.82. The average Bonchev–Trinajstić information content (AvgIpc) is 2.38. The van der Waals surface area contributed by atoms with Crippen LogP contribution in [0.15, 0.2) is 24.5 Å². The van der Waals surface area contributed by atoms with Crippen molar-refractivity contribution in [3.8, 4) is 0 Å². The van der Waals surface area contributed by atoms with E-state index in [1.807, 2.05) is 24.5 Å². The van der Waals surface area contributed by atoms with Gasteiger partial charge in [0.05, 0.1) is 0 Å². The molecule has 0 saturated carbocycles. The highest BCUT2D eigenvalue weighted by atomic mass is 15.2. The average molecular weight is 220 g/mol. The Morgan fingerprint density at radius 3 is 2.75 bits per heavy atom. The number of hydrogen-bond acceptors (Lipinski definition) is 4. The molecule has 1 aromatic rings. The standard InChI is InChI=1S/C12H20N4/c1-11(16-8-6-14-7-9-16)10-15-12-2-4-13-5-3-12/h2-5,11,14H,6-10H2,1H3,(H,13,15). The maximum absolute atomic E-state index is 4.00. The third-order valence-electron chi connectivity index (χ3n) is 3.06. The molecule has 0 radical (unpaired) electrons. The van der Waals surface area contributed by atoms with Gasteiger partial charge in [-0.25, -0.2) is 0 Å². The van der Waals surface area contributed by atoms with E-state index >= 15 is 0 Å². The van der Waals surface area contributed by atoms with Crippen molar-refractivity contribution in [2.24, 2.45) is 0 Å². The van der Waals surface area contributed by atoms with E-state index in [4.69, 9.17) is 0 Å². The van der Waals surface area contributed by atoms with Crippen molar-refractivity contribution in [1.29, 1.82) is 0 Å². The molecule has 1 aliphatic heterocycles. The predicted molar refractivity (Wildman–Crippen MR) is 66.6 cm³/mol. The van der Waals surface area contributed by atoms with Crippen LogP contribution in [0.1, 0.15) is 6.92 Å². The largest absolute Gasteiger partial charge is 0.383 e. The molecule has 0 aliphatic carbocycles. The molecule has 2 heterocycles. The monoisotopic (exact) mass is 220 g/mol. The molecule has 0 aromatic carbocycles. The van der Waals surface area contributed by atoms with Gasteiger partial charge in [-0.15, -0.1) is 0 Å². The van der Waals surface area contributed by atoms with E-state index in [-0.39, 0.29) is 0 Å². The normalized spacial score (nSPS) is 19.3. The van der Waals surface area contributed by atoms with Crippen molar-refractivity contribution in [3.05, 3.63) is 24.5 Å². The first-order valence-corrected chi connectivity index (χ1v) is 5.95. The molecule has 4 nitrogen and oxygen atoms in total. The third kappa shape index (κ3) is 3.18. The number of piperazine rings is 1. The Morgan fingerprint density at radius 1 is 1.38 bits per heavy atom. The van der Waals surface area contributed by atoms with Gasteiger partial charge < -0.3 is 10.6 Å². The highest BCUT2D eigenvalue weighted by Crippen LogP contribution is 2.06. The van der Waals surface area contributed by atoms with Gasteiger partial charge in [-0.3, -0.25) is 9.88 Å². The van der Waals surface area contributed by atoms with Gasteiger partial charge in [0, 0.05) is 56.8 Å². The fraction of sp³-hybridized carbons (Fsp3) is 0.583. The zero-order valence-corrected chi connectivity index (χ0v) is 9.82. The minimum absolute atomic E-state index is 0.579. The molecule has 2 N–H and O–H groups in total. The molecular formula is C12H20N4. The number of anilines is 1. The number of hydrogen-bond donors (Lipinski definition) is 2. The number of nitrogens with one attached hydrogen (secondary N) is 2. The van der Waals surface area contributed by atoms with Crippen LogP contribution in [0.5, 0.6) is 0 Å². The third-order valence-corrected chi connectivity index (χ3v) is 3.06. The van der Waals surface area contributed by atoms with Crippen molar-refractivity contribution in [3.63, 3.8) is 0 Å². The zero-order chi connectivity index (χ0) is 11.2. The minimum Gasteiger partial charge on any atom is -0.383 e. The Hall–Kier alpha value is -1.13. The van der Waals surface area contributed by atoms with Crippen LogP contribution in [-0.2, 0) is 0 Å². The summed E-state index contributed by atoms with van der Waals surface area (Å²) in [5, 5.41) is 6.81. The molecule has 1 atom stereocenters. The van der Waals surface area contributed by atoms with Gasteiger partial charge in [0.1, 0.15) is 0 Å². The van der Waals surface area contributed by atoms with Gasteiger partial charge in [0.25, 0.3) is 0 Å². The lowest BCUT2D eigenvalue weighted by molar-refractivity contribution is 0.191. The second-order valence-corrected chi connectivity index (χ2v) is 4.25. The van der Waals surface area contributed by atoms with Crippen LogP contribution < -0.4 is 10.6 Å². The molecule has 1 saturated heterocycles. The van der Waals surface area contributed by atoms with Crippen molar-refractivity contribution in [2.45, 2.75) is 13.0 Å². The molecule has 4 heteroatoms. The summed E-state index contributed by atoms with van der Waals surface area (Å²) < 4.78 is 0. The van der Waals surface area contributed by atoms with E-state index in [1.54, 1.807) is 0 Å². The molecular weight excluding hydrogens is 200 g/mol. The van der Waals surface area contributed by atoms with E-state index < -0.39 is 0 Å². The van der Waals surface area contributed by atoms with Crippen LogP contribution in [0, 0.1) is 0 Å². The highest BCUT2D eigenvalue weighted by Gasteiger charge is 2.15. The molecule has 0 bridgehead atoms. The minimum atomic E-state index is 0.579. The quantitative estimate of drug-likeness (QED) is 0.787. The molecule has 2 rings (SSSR count). The smallest absolute Gasteiger partial charge is 0.0371 e. The topological polar surface area (TPSA) is 40.2 Å². The van der Waals surface area contributed by atoms with Crippen LogP contribution >= 0.6 is 0 Å². The fourth-order valence-electron chi connectivity index (χ4n) is 1.99. The Bertz CT molecular complexity index is 295. The summed E-state index contributed by atoms with van der Waals surface area (Å²) >= 11 is 0. The zero-order valence-electron chi connectivity index (χ0n) is 9.82. The summed E-state index contributed by atoms with van der Waals surface area (Å²) in [7, 11) is 0. The van der Waals surface area contributed by atoms with E-state index in [0.29, 0.717) is 6.04 Å². The lowest BCUT2D eigenvalue weighted by atomic mass is 10.2. The maximum atomic E-state index is 4.00. The Labute approximate surface area is 97.1 Å². The van der Waals surface area contributed by atoms with Crippen LogP contribution in [0.2, 0.25) is 0 Å². The first-order chi connectivity index (χ1) is 7.86. The van der Waals surface area contributed by atoms with Crippen LogP contribution in [0.4, 0.5) is 5.69 Å². The van der Waals surface area contributed by atoms with Gasteiger partial charge in [-0.05, 0) is 19.1 Å². The molecule has 1 fully saturated rings. The molecule has 0 amide bonds. The van der Waals surface area contributed by atoms with Gasteiger partial charge in [0.15, 0.2) is 0 Å². The highest BCUT2D eigenvalue weighted by molar-refractivity contribution is 5.40. The first-order valence-electron chi connectivity index (χ1n) is 5.95. The number of rotatable bonds is 4. The van der Waals surface area contributed by atoms with E-state index in [0.717, 1.165) is 38.4 Å². The fourth-order valence-corrected chi connectivity index (χ4v) is 1.99. The molecule has 1 aromatic heterocycles. The summed E-state index contributed by atoms with van der Waals surface area (Å²) in [6.45, 7) is 7.79. The van der Waals surface area contributed by atoms with Crippen molar-refractivity contribution < 1.29 is 0 Å². The summed E-state index contributed by atoms with van der Waals surface area (Å²) in [6.07, 6.45) is 3.63. The first kappa shape index (κ1) is 11.4. The summed E-state index contributed by atoms with van der Waals surface area (Å²) in [6, 6.07) is 4.59. The summed E-state index contributed by atoms with van der Waals surface area (Å²) in [5.74, 6) is 0. The Kier molecular flexibility index (Phi) is 4.13. The van der Waals surface area contributed by atoms with Crippen LogP contribution in [-0.4, -0.2) is 48.6 Å². The van der Waals surface area contributed by atoms with Crippen molar-refractivity contribution in [1.82, 2.24) is 15.2 Å². The number of pyridine rings is 1. The SMILES string of the molecule is CC(CNc1ccncc1)N1CCNCC1.